The van der Waals surface area contributed by atoms with Crippen LogP contribution in [0.4, 0.5) is 0 Å². The maximum Gasteiger partial charge on any atom is 0.240 e. The van der Waals surface area contributed by atoms with Crippen LogP contribution in [0.25, 0.3) is 0 Å². The number of ether oxygens (including phenoxy) is 2. The summed E-state index contributed by atoms with van der Waals surface area (Å²) in [6.07, 6.45) is -0.222. The van der Waals surface area contributed by atoms with Gasteiger partial charge in [-0.05, 0) is 26.0 Å². The molecule has 0 saturated carbocycles. The summed E-state index contributed by atoms with van der Waals surface area (Å²) in [7, 11) is 0. The lowest BCUT2D eigenvalue weighted by molar-refractivity contribution is -0.122. The molecule has 0 aliphatic carbocycles. The van der Waals surface area contributed by atoms with E-state index in [1.54, 1.807) is 0 Å². The van der Waals surface area contributed by atoms with Gasteiger partial charge in [-0.15, -0.1) is 0 Å². The first kappa shape index (κ1) is 16.1. The van der Waals surface area contributed by atoms with Gasteiger partial charge in [0.05, 0.1) is 6.54 Å². The predicted octanol–water partition coefficient (Wildman–Crippen LogP) is 1.42. The zero-order valence-corrected chi connectivity index (χ0v) is 13.7. The van der Waals surface area contributed by atoms with E-state index in [2.05, 4.69) is 5.32 Å². The topological polar surface area (TPSA) is 69.6 Å². The molecule has 1 aromatic carbocycles. The first-order chi connectivity index (χ1) is 11.5. The Morgan fingerprint density at radius 3 is 2.58 bits per heavy atom. The molecule has 2 aromatic rings. The van der Waals surface area contributed by atoms with E-state index in [0.29, 0.717) is 18.9 Å². The number of fused-ring (bicyclic) bond motifs is 1. The Bertz CT molecular complexity index is 787. The lowest BCUT2D eigenvalue weighted by atomic mass is 10.2. The highest BCUT2D eigenvalue weighted by Gasteiger charge is 2.21. The number of carbonyl (C=O) groups is 1. The second-order valence-electron chi connectivity index (χ2n) is 5.86. The molecule has 0 spiro atoms. The van der Waals surface area contributed by atoms with Crippen LogP contribution in [-0.4, -0.2) is 29.7 Å². The molecule has 0 radical (unpaired) electrons. The van der Waals surface area contributed by atoms with E-state index in [1.807, 2.05) is 42.7 Å². The van der Waals surface area contributed by atoms with Gasteiger partial charge in [0, 0.05) is 23.5 Å². The summed E-state index contributed by atoms with van der Waals surface area (Å²) >= 11 is 0. The number of amides is 1. The van der Waals surface area contributed by atoms with Gasteiger partial charge in [0.1, 0.15) is 19.3 Å². The van der Waals surface area contributed by atoms with Crippen molar-refractivity contribution in [2.24, 2.45) is 0 Å². The van der Waals surface area contributed by atoms with Gasteiger partial charge in [-0.25, -0.2) is 0 Å². The normalized spacial score (nSPS) is 15.8. The van der Waals surface area contributed by atoms with Crippen LogP contribution < -0.4 is 20.2 Å². The van der Waals surface area contributed by atoms with Crippen LogP contribution in [-0.2, 0) is 11.3 Å². The summed E-state index contributed by atoms with van der Waals surface area (Å²) < 4.78 is 13.2. The van der Waals surface area contributed by atoms with Crippen molar-refractivity contribution in [2.75, 3.05) is 13.2 Å². The number of benzene rings is 1. The third-order valence-corrected chi connectivity index (χ3v) is 3.95. The molecule has 1 N–H and O–H groups in total. The Kier molecular flexibility index (Phi) is 4.55. The van der Waals surface area contributed by atoms with Gasteiger partial charge in [-0.3, -0.25) is 9.59 Å². The molecule has 2 heterocycles. The predicted molar refractivity (Wildman–Crippen MR) is 89.5 cm³/mol. The van der Waals surface area contributed by atoms with Crippen molar-refractivity contribution in [2.45, 2.75) is 26.5 Å². The second-order valence-corrected chi connectivity index (χ2v) is 5.86. The first-order valence-electron chi connectivity index (χ1n) is 7.86. The van der Waals surface area contributed by atoms with Gasteiger partial charge >= 0.3 is 0 Å². The number of hydrogen-bond acceptors (Lipinski definition) is 4. The first-order valence-corrected chi connectivity index (χ1v) is 7.86. The maximum absolute atomic E-state index is 12.2. The number of nitrogens with zero attached hydrogens (tertiary/aromatic N) is 1. The Balaban J connectivity index is 1.56. The second kappa shape index (κ2) is 6.78. The van der Waals surface area contributed by atoms with Crippen molar-refractivity contribution in [3.63, 3.8) is 0 Å². The minimum Gasteiger partial charge on any atom is -0.486 e. The fraction of sp³-hybridized carbons (Fsp3) is 0.333. The van der Waals surface area contributed by atoms with Crippen molar-refractivity contribution in [3.8, 4) is 11.5 Å². The smallest absolute Gasteiger partial charge is 0.240 e. The minimum atomic E-state index is -0.222. The number of aryl methyl sites for hydroxylation is 2. The van der Waals surface area contributed by atoms with E-state index >= 15 is 0 Å². The number of nitrogens with one attached hydrogen (secondary N) is 1. The SMILES string of the molecule is Cc1cc(=O)cc(C)n1CC(=O)NCC1COc2ccccc2O1. The van der Waals surface area contributed by atoms with Gasteiger partial charge in [-0.2, -0.15) is 0 Å². The van der Waals surface area contributed by atoms with E-state index in [0.717, 1.165) is 17.1 Å². The summed E-state index contributed by atoms with van der Waals surface area (Å²) in [6.45, 7) is 4.56. The maximum atomic E-state index is 12.2. The molecule has 1 amide bonds. The minimum absolute atomic E-state index is 0.0481. The van der Waals surface area contributed by atoms with Crippen LogP contribution in [0.3, 0.4) is 0 Å². The molecule has 126 valence electrons. The van der Waals surface area contributed by atoms with Gasteiger partial charge in [0.25, 0.3) is 0 Å². The summed E-state index contributed by atoms with van der Waals surface area (Å²) in [6, 6.07) is 10.5. The number of hydrogen-bond donors (Lipinski definition) is 1. The third kappa shape index (κ3) is 3.59. The Morgan fingerprint density at radius 2 is 1.88 bits per heavy atom. The third-order valence-electron chi connectivity index (χ3n) is 3.95. The van der Waals surface area contributed by atoms with Crippen molar-refractivity contribution in [3.05, 3.63) is 58.0 Å². The fourth-order valence-corrected chi connectivity index (χ4v) is 2.73. The van der Waals surface area contributed by atoms with Crippen molar-refractivity contribution in [1.29, 1.82) is 0 Å². The Morgan fingerprint density at radius 1 is 1.21 bits per heavy atom. The molecule has 0 saturated heterocycles. The average molecular weight is 328 g/mol. The molecule has 6 nitrogen and oxygen atoms in total. The molecule has 0 bridgehead atoms. The molecule has 1 aromatic heterocycles. The highest BCUT2D eigenvalue weighted by atomic mass is 16.6. The number of rotatable bonds is 4. The summed E-state index contributed by atoms with van der Waals surface area (Å²) in [5.74, 6) is 1.28. The zero-order valence-electron chi connectivity index (χ0n) is 13.7. The average Bonchev–Trinajstić information content (AvgIpc) is 2.56. The van der Waals surface area contributed by atoms with Crippen LogP contribution in [0, 0.1) is 13.8 Å². The monoisotopic (exact) mass is 328 g/mol. The van der Waals surface area contributed by atoms with E-state index in [-0.39, 0.29) is 24.0 Å². The van der Waals surface area contributed by atoms with Gasteiger partial charge in [-0.1, -0.05) is 12.1 Å². The summed E-state index contributed by atoms with van der Waals surface area (Å²) in [5, 5.41) is 2.86. The van der Waals surface area contributed by atoms with Crippen molar-refractivity contribution in [1.82, 2.24) is 9.88 Å². The molecule has 24 heavy (non-hydrogen) atoms. The lowest BCUT2D eigenvalue weighted by Crippen LogP contribution is -2.42. The van der Waals surface area contributed by atoms with Crippen LogP contribution in [0.1, 0.15) is 11.4 Å². The van der Waals surface area contributed by atoms with Crippen molar-refractivity contribution >= 4 is 5.91 Å². The van der Waals surface area contributed by atoms with E-state index in [9.17, 15) is 9.59 Å². The Labute approximate surface area is 140 Å². The highest BCUT2D eigenvalue weighted by Crippen LogP contribution is 2.30. The number of carbonyl (C=O) groups excluding carboxylic acids is 1. The lowest BCUT2D eigenvalue weighted by Gasteiger charge is -2.26. The largest absolute Gasteiger partial charge is 0.486 e. The van der Waals surface area contributed by atoms with Crippen LogP contribution >= 0.6 is 0 Å². The van der Waals surface area contributed by atoms with Crippen molar-refractivity contribution < 1.29 is 14.3 Å². The Hall–Kier alpha value is -2.76. The van der Waals surface area contributed by atoms with Gasteiger partial charge < -0.3 is 19.4 Å². The zero-order chi connectivity index (χ0) is 17.1. The molecule has 0 fully saturated rings. The number of pyridine rings is 1. The van der Waals surface area contributed by atoms with E-state index in [4.69, 9.17) is 9.47 Å². The standard InChI is InChI=1S/C18H20N2O4/c1-12-7-14(21)8-13(2)20(12)10-18(22)19-9-15-11-23-16-5-3-4-6-17(16)24-15/h3-8,15H,9-11H2,1-2H3,(H,19,22). The molecule has 1 aliphatic heterocycles. The molecular formula is C18H20N2O4. The van der Waals surface area contributed by atoms with Gasteiger partial charge in [0.2, 0.25) is 5.91 Å². The molecule has 1 unspecified atom stereocenters. The highest BCUT2D eigenvalue weighted by molar-refractivity contribution is 5.76. The van der Waals surface area contributed by atoms with Crippen LogP contribution in [0.5, 0.6) is 11.5 Å². The fourth-order valence-electron chi connectivity index (χ4n) is 2.73. The number of aromatic nitrogens is 1. The quantitative estimate of drug-likeness (QED) is 0.922. The molecule has 1 aliphatic rings. The summed E-state index contributed by atoms with van der Waals surface area (Å²) in [4.78, 5) is 23.6. The molecule has 6 heteroatoms. The molecular weight excluding hydrogens is 308 g/mol. The van der Waals surface area contributed by atoms with Crippen LogP contribution in [0.2, 0.25) is 0 Å². The van der Waals surface area contributed by atoms with Gasteiger partial charge in [0.15, 0.2) is 16.9 Å². The van der Waals surface area contributed by atoms with E-state index in [1.165, 1.54) is 12.1 Å². The molecule has 1 atom stereocenters. The molecule has 3 rings (SSSR count). The van der Waals surface area contributed by atoms with E-state index < -0.39 is 0 Å². The number of para-hydroxylation sites is 2. The summed E-state index contributed by atoms with van der Waals surface area (Å²) in [5.41, 5.74) is 1.48. The van der Waals surface area contributed by atoms with Crippen LogP contribution in [0.15, 0.2) is 41.2 Å².